The summed E-state index contributed by atoms with van der Waals surface area (Å²) in [6.45, 7) is 2.00. The van der Waals surface area contributed by atoms with Gasteiger partial charge in [-0.2, -0.15) is 0 Å². The summed E-state index contributed by atoms with van der Waals surface area (Å²) in [4.78, 5) is 14.2. The van der Waals surface area contributed by atoms with Crippen molar-refractivity contribution in [1.29, 1.82) is 0 Å². The lowest BCUT2D eigenvalue weighted by Gasteiger charge is -2.25. The molecule has 1 atom stereocenters. The van der Waals surface area contributed by atoms with E-state index in [1.165, 1.54) is 0 Å². The van der Waals surface area contributed by atoms with Crippen LogP contribution in [0.3, 0.4) is 0 Å². The van der Waals surface area contributed by atoms with Crippen LogP contribution in [-0.4, -0.2) is 25.0 Å². The van der Waals surface area contributed by atoms with Crippen molar-refractivity contribution >= 4 is 17.5 Å². The molecule has 0 fully saturated rings. The standard InChI is InChI=1S/C18H20ClNO2/c1-13(15-5-4-6-16(19)12-15)20(2)18(21)11-14-7-9-17(22-3)10-8-14/h4-10,12-13H,11H2,1-3H3. The maximum Gasteiger partial charge on any atom is 0.227 e. The molecule has 0 radical (unpaired) electrons. The van der Waals surface area contributed by atoms with E-state index in [0.29, 0.717) is 11.4 Å². The third-order valence-corrected chi connectivity index (χ3v) is 4.05. The van der Waals surface area contributed by atoms with Crippen LogP contribution in [0, 0.1) is 0 Å². The van der Waals surface area contributed by atoms with Gasteiger partial charge in [0.05, 0.1) is 19.6 Å². The fourth-order valence-corrected chi connectivity index (χ4v) is 2.45. The highest BCUT2D eigenvalue weighted by Crippen LogP contribution is 2.22. The summed E-state index contributed by atoms with van der Waals surface area (Å²) in [6, 6.07) is 15.1. The minimum absolute atomic E-state index is 0.0237. The minimum Gasteiger partial charge on any atom is -0.497 e. The number of methoxy groups -OCH3 is 1. The van der Waals surface area contributed by atoms with E-state index in [-0.39, 0.29) is 11.9 Å². The van der Waals surface area contributed by atoms with Gasteiger partial charge in [-0.1, -0.05) is 35.9 Å². The summed E-state index contributed by atoms with van der Waals surface area (Å²) in [5.41, 5.74) is 1.99. The third-order valence-electron chi connectivity index (χ3n) is 3.82. The van der Waals surface area contributed by atoms with E-state index < -0.39 is 0 Å². The second-order valence-corrected chi connectivity index (χ2v) is 5.70. The van der Waals surface area contributed by atoms with Gasteiger partial charge in [-0.05, 0) is 42.3 Å². The molecular weight excluding hydrogens is 298 g/mol. The van der Waals surface area contributed by atoms with Gasteiger partial charge >= 0.3 is 0 Å². The van der Waals surface area contributed by atoms with Crippen LogP contribution in [0.15, 0.2) is 48.5 Å². The van der Waals surface area contributed by atoms with Crippen molar-refractivity contribution < 1.29 is 9.53 Å². The van der Waals surface area contributed by atoms with E-state index in [2.05, 4.69) is 0 Å². The zero-order valence-electron chi connectivity index (χ0n) is 13.0. The summed E-state index contributed by atoms with van der Waals surface area (Å²) in [7, 11) is 3.44. The number of amides is 1. The van der Waals surface area contributed by atoms with Crippen LogP contribution >= 0.6 is 11.6 Å². The molecule has 116 valence electrons. The molecule has 1 unspecified atom stereocenters. The van der Waals surface area contributed by atoms with E-state index in [1.807, 2.05) is 62.5 Å². The molecule has 0 bridgehead atoms. The predicted molar refractivity (Wildman–Crippen MR) is 89.3 cm³/mol. The van der Waals surface area contributed by atoms with Crippen molar-refractivity contribution in [3.05, 3.63) is 64.7 Å². The Morgan fingerprint density at radius 1 is 1.23 bits per heavy atom. The van der Waals surface area contributed by atoms with Crippen molar-refractivity contribution in [3.8, 4) is 5.75 Å². The zero-order chi connectivity index (χ0) is 16.1. The molecule has 2 aromatic rings. The van der Waals surface area contributed by atoms with Crippen LogP contribution in [-0.2, 0) is 11.2 Å². The Kier molecular flexibility index (Phi) is 5.45. The molecule has 0 saturated carbocycles. The van der Waals surface area contributed by atoms with E-state index in [1.54, 1.807) is 12.0 Å². The van der Waals surface area contributed by atoms with Crippen molar-refractivity contribution in [3.63, 3.8) is 0 Å². The topological polar surface area (TPSA) is 29.5 Å². The lowest BCUT2D eigenvalue weighted by molar-refractivity contribution is -0.131. The summed E-state index contributed by atoms with van der Waals surface area (Å²) < 4.78 is 5.12. The van der Waals surface area contributed by atoms with E-state index in [0.717, 1.165) is 16.9 Å². The average molecular weight is 318 g/mol. The Labute approximate surface area is 136 Å². The van der Waals surface area contributed by atoms with Gasteiger partial charge in [-0.15, -0.1) is 0 Å². The van der Waals surface area contributed by atoms with Gasteiger partial charge in [-0.25, -0.2) is 0 Å². The second kappa shape index (κ2) is 7.32. The highest BCUT2D eigenvalue weighted by atomic mass is 35.5. The molecule has 0 aromatic heterocycles. The molecular formula is C18H20ClNO2. The van der Waals surface area contributed by atoms with Crippen molar-refractivity contribution in [2.24, 2.45) is 0 Å². The van der Waals surface area contributed by atoms with Crippen LogP contribution in [0.4, 0.5) is 0 Å². The Hall–Kier alpha value is -2.00. The lowest BCUT2D eigenvalue weighted by Crippen LogP contribution is -2.30. The van der Waals surface area contributed by atoms with Crippen LogP contribution in [0.5, 0.6) is 5.75 Å². The largest absolute Gasteiger partial charge is 0.497 e. The first-order valence-electron chi connectivity index (χ1n) is 7.15. The molecule has 22 heavy (non-hydrogen) atoms. The van der Waals surface area contributed by atoms with Gasteiger partial charge in [0.25, 0.3) is 0 Å². The van der Waals surface area contributed by atoms with Gasteiger partial charge in [0, 0.05) is 12.1 Å². The molecule has 0 aliphatic carbocycles. The summed E-state index contributed by atoms with van der Waals surface area (Å²) >= 11 is 6.02. The van der Waals surface area contributed by atoms with Crippen LogP contribution in [0.1, 0.15) is 24.1 Å². The summed E-state index contributed by atoms with van der Waals surface area (Å²) in [5.74, 6) is 0.856. The second-order valence-electron chi connectivity index (χ2n) is 5.26. The van der Waals surface area contributed by atoms with E-state index in [4.69, 9.17) is 16.3 Å². The van der Waals surface area contributed by atoms with Crippen molar-refractivity contribution in [2.45, 2.75) is 19.4 Å². The smallest absolute Gasteiger partial charge is 0.227 e. The van der Waals surface area contributed by atoms with Gasteiger partial charge in [0.1, 0.15) is 5.75 Å². The molecule has 1 amide bonds. The molecule has 0 aliphatic rings. The number of carbonyl (C=O) groups is 1. The SMILES string of the molecule is COc1ccc(CC(=O)N(C)C(C)c2cccc(Cl)c2)cc1. The Balaban J connectivity index is 2.04. The van der Waals surface area contributed by atoms with Crippen LogP contribution in [0.25, 0.3) is 0 Å². The molecule has 3 nitrogen and oxygen atoms in total. The van der Waals surface area contributed by atoms with Crippen LogP contribution in [0.2, 0.25) is 5.02 Å². The molecule has 0 heterocycles. The first kappa shape index (κ1) is 16.4. The van der Waals surface area contributed by atoms with Gasteiger partial charge in [0.2, 0.25) is 5.91 Å². The number of carbonyl (C=O) groups excluding carboxylic acids is 1. The monoisotopic (exact) mass is 317 g/mol. The third kappa shape index (κ3) is 4.01. The quantitative estimate of drug-likeness (QED) is 0.830. The first-order chi connectivity index (χ1) is 10.5. The molecule has 2 rings (SSSR count). The van der Waals surface area contributed by atoms with Gasteiger partial charge in [0.15, 0.2) is 0 Å². The van der Waals surface area contributed by atoms with Gasteiger partial charge < -0.3 is 9.64 Å². The summed E-state index contributed by atoms with van der Waals surface area (Å²) in [6.07, 6.45) is 0.366. The average Bonchev–Trinajstić information content (AvgIpc) is 2.54. The molecule has 0 N–H and O–H groups in total. The number of likely N-dealkylation sites (N-methyl/N-ethyl adjacent to an activating group) is 1. The van der Waals surface area contributed by atoms with Crippen LogP contribution < -0.4 is 4.74 Å². The summed E-state index contributed by atoms with van der Waals surface area (Å²) in [5, 5.41) is 0.681. The van der Waals surface area contributed by atoms with Crippen molar-refractivity contribution in [1.82, 2.24) is 4.90 Å². The first-order valence-corrected chi connectivity index (χ1v) is 7.53. The fourth-order valence-electron chi connectivity index (χ4n) is 2.25. The number of hydrogen-bond acceptors (Lipinski definition) is 2. The number of hydrogen-bond donors (Lipinski definition) is 0. The number of benzene rings is 2. The Morgan fingerprint density at radius 2 is 1.91 bits per heavy atom. The predicted octanol–water partition coefficient (Wildman–Crippen LogP) is 4.11. The molecule has 0 aliphatic heterocycles. The Morgan fingerprint density at radius 3 is 2.50 bits per heavy atom. The van der Waals surface area contributed by atoms with Crippen molar-refractivity contribution in [2.75, 3.05) is 14.2 Å². The van der Waals surface area contributed by atoms with E-state index >= 15 is 0 Å². The highest BCUT2D eigenvalue weighted by Gasteiger charge is 2.17. The van der Waals surface area contributed by atoms with E-state index in [9.17, 15) is 4.79 Å². The molecule has 2 aromatic carbocycles. The fraction of sp³-hybridized carbons (Fsp3) is 0.278. The van der Waals surface area contributed by atoms with Gasteiger partial charge in [-0.3, -0.25) is 4.79 Å². The molecule has 0 saturated heterocycles. The minimum atomic E-state index is -0.0237. The number of ether oxygens (including phenoxy) is 1. The molecule has 4 heteroatoms. The lowest BCUT2D eigenvalue weighted by atomic mass is 10.1. The normalized spacial score (nSPS) is 11.8. The number of nitrogens with zero attached hydrogens (tertiary/aromatic N) is 1. The number of rotatable bonds is 5. The highest BCUT2D eigenvalue weighted by molar-refractivity contribution is 6.30. The maximum atomic E-state index is 12.4. The maximum absolute atomic E-state index is 12.4. The molecule has 0 spiro atoms. The number of halogens is 1. The Bertz CT molecular complexity index is 640. The zero-order valence-corrected chi connectivity index (χ0v) is 13.8.